The van der Waals surface area contributed by atoms with Crippen LogP contribution >= 0.6 is 0 Å². The maximum absolute atomic E-state index is 15.1. The van der Waals surface area contributed by atoms with Crippen molar-refractivity contribution in [3.63, 3.8) is 0 Å². The van der Waals surface area contributed by atoms with Crippen LogP contribution in [0.3, 0.4) is 0 Å². The summed E-state index contributed by atoms with van der Waals surface area (Å²) in [6.07, 6.45) is 0. The molecule has 0 unspecified atom stereocenters. The molecule has 0 amide bonds. The van der Waals surface area contributed by atoms with Gasteiger partial charge in [0.15, 0.2) is 5.82 Å². The van der Waals surface area contributed by atoms with Crippen LogP contribution in [0.25, 0.3) is 33.3 Å². The number of nitrogens with one attached hydrogen (secondary N) is 1. The molecule has 0 bridgehead atoms. The molecule has 1 saturated heterocycles. The van der Waals surface area contributed by atoms with Gasteiger partial charge in [-0.05, 0) is 45.0 Å². The third-order valence-electron chi connectivity index (χ3n) is 6.90. The molecule has 2 aromatic heterocycles. The van der Waals surface area contributed by atoms with Gasteiger partial charge in [-0.15, -0.1) is 0 Å². The molecule has 4 aromatic rings. The Morgan fingerprint density at radius 3 is 2.27 bits per heavy atom. The van der Waals surface area contributed by atoms with Crippen molar-refractivity contribution < 1.29 is 13.2 Å². The molecule has 0 atom stereocenters. The number of aromatic nitrogens is 3. The SMILES string of the molecule is Cc1[nH]c(=O)c2cc(F)c(-c3nc(-c4ccc(N5CCN(C(C)C)CC5)cc4)c(F)nc3N)cc2c1F. The molecular formula is C27H27F3N6O. The molecule has 5 rings (SSSR count). The lowest BCUT2D eigenvalue weighted by molar-refractivity contribution is 0.209. The number of hydrogen-bond donors (Lipinski definition) is 2. The van der Waals surface area contributed by atoms with E-state index < -0.39 is 23.1 Å². The van der Waals surface area contributed by atoms with Crippen molar-refractivity contribution >= 4 is 22.3 Å². The number of fused-ring (bicyclic) bond motifs is 1. The van der Waals surface area contributed by atoms with Gasteiger partial charge in [0.2, 0.25) is 5.95 Å². The van der Waals surface area contributed by atoms with Gasteiger partial charge in [0, 0.05) is 54.4 Å². The minimum absolute atomic E-state index is 0.0135. The van der Waals surface area contributed by atoms with Gasteiger partial charge in [-0.1, -0.05) is 12.1 Å². The Hall–Kier alpha value is -3.92. The number of halogens is 3. The van der Waals surface area contributed by atoms with E-state index in [1.54, 1.807) is 12.1 Å². The van der Waals surface area contributed by atoms with Gasteiger partial charge < -0.3 is 15.6 Å². The van der Waals surface area contributed by atoms with E-state index in [0.717, 1.165) is 44.0 Å². The Labute approximate surface area is 211 Å². The Balaban J connectivity index is 1.51. The molecule has 1 fully saturated rings. The summed E-state index contributed by atoms with van der Waals surface area (Å²) in [6.45, 7) is 9.46. The fraction of sp³-hybridized carbons (Fsp3) is 0.296. The molecule has 3 heterocycles. The van der Waals surface area contributed by atoms with Crippen molar-refractivity contribution in [3.05, 3.63) is 70.0 Å². The number of nitrogen functional groups attached to an aromatic ring is 1. The van der Waals surface area contributed by atoms with Crippen LogP contribution in [-0.2, 0) is 0 Å². The van der Waals surface area contributed by atoms with Crippen molar-refractivity contribution in [1.29, 1.82) is 0 Å². The first-order valence-corrected chi connectivity index (χ1v) is 12.1. The highest BCUT2D eigenvalue weighted by Gasteiger charge is 2.22. The van der Waals surface area contributed by atoms with E-state index in [4.69, 9.17) is 5.73 Å². The Morgan fingerprint density at radius 2 is 1.62 bits per heavy atom. The number of benzene rings is 2. The average molecular weight is 509 g/mol. The highest BCUT2D eigenvalue weighted by molar-refractivity contribution is 5.89. The topological polar surface area (TPSA) is 91.1 Å². The van der Waals surface area contributed by atoms with E-state index >= 15 is 4.39 Å². The molecule has 192 valence electrons. The number of piperazine rings is 1. The van der Waals surface area contributed by atoms with Crippen molar-refractivity contribution in [2.45, 2.75) is 26.8 Å². The number of hydrogen-bond acceptors (Lipinski definition) is 6. The van der Waals surface area contributed by atoms with Crippen LogP contribution in [0, 0.1) is 24.5 Å². The zero-order chi connectivity index (χ0) is 26.4. The lowest BCUT2D eigenvalue weighted by atomic mass is 10.0. The monoisotopic (exact) mass is 508 g/mol. The highest BCUT2D eigenvalue weighted by atomic mass is 19.1. The summed E-state index contributed by atoms with van der Waals surface area (Å²) in [4.78, 5) is 27.3. The fourth-order valence-corrected chi connectivity index (χ4v) is 4.75. The molecule has 0 radical (unpaired) electrons. The van der Waals surface area contributed by atoms with Crippen LogP contribution in [0.5, 0.6) is 0 Å². The lowest BCUT2D eigenvalue weighted by Crippen LogP contribution is -2.48. The predicted molar refractivity (Wildman–Crippen MR) is 139 cm³/mol. The summed E-state index contributed by atoms with van der Waals surface area (Å²) in [6, 6.07) is 9.82. The first-order chi connectivity index (χ1) is 17.6. The van der Waals surface area contributed by atoms with Gasteiger partial charge in [-0.25, -0.2) is 13.8 Å². The molecule has 37 heavy (non-hydrogen) atoms. The third kappa shape index (κ3) is 4.53. The predicted octanol–water partition coefficient (Wildman–Crippen LogP) is 4.49. The number of nitrogens with zero attached hydrogens (tertiary/aromatic N) is 4. The Kier molecular flexibility index (Phi) is 6.36. The first-order valence-electron chi connectivity index (χ1n) is 12.1. The second kappa shape index (κ2) is 9.51. The van der Waals surface area contributed by atoms with Crippen molar-refractivity contribution in [2.24, 2.45) is 0 Å². The molecule has 0 saturated carbocycles. The Bertz CT molecular complexity index is 1540. The van der Waals surface area contributed by atoms with E-state index in [-0.39, 0.29) is 39.2 Å². The summed E-state index contributed by atoms with van der Waals surface area (Å²) in [7, 11) is 0. The van der Waals surface area contributed by atoms with Gasteiger partial charge in [-0.3, -0.25) is 9.69 Å². The number of pyridine rings is 1. The molecule has 0 aliphatic carbocycles. The van der Waals surface area contributed by atoms with Gasteiger partial charge in [0.1, 0.15) is 23.0 Å². The van der Waals surface area contributed by atoms with Crippen LogP contribution in [-0.4, -0.2) is 52.1 Å². The van der Waals surface area contributed by atoms with Crippen molar-refractivity contribution in [1.82, 2.24) is 19.9 Å². The molecule has 3 N–H and O–H groups in total. The van der Waals surface area contributed by atoms with E-state index in [1.807, 2.05) is 12.1 Å². The van der Waals surface area contributed by atoms with Crippen molar-refractivity contribution in [3.8, 4) is 22.5 Å². The second-order valence-electron chi connectivity index (χ2n) is 9.53. The number of H-pyrrole nitrogens is 1. The molecule has 7 nitrogen and oxygen atoms in total. The minimum Gasteiger partial charge on any atom is -0.382 e. The van der Waals surface area contributed by atoms with Gasteiger partial charge in [0.05, 0.1) is 11.1 Å². The first kappa shape index (κ1) is 24.8. The van der Waals surface area contributed by atoms with E-state index in [1.165, 1.54) is 6.92 Å². The third-order valence-corrected chi connectivity index (χ3v) is 6.90. The number of aromatic amines is 1. The van der Waals surface area contributed by atoms with Crippen LogP contribution in [0.15, 0.2) is 41.2 Å². The average Bonchev–Trinajstić information content (AvgIpc) is 2.88. The normalized spacial score (nSPS) is 14.6. The van der Waals surface area contributed by atoms with E-state index in [2.05, 4.69) is 38.6 Å². The van der Waals surface area contributed by atoms with Gasteiger partial charge in [0.25, 0.3) is 5.56 Å². The molecule has 2 aromatic carbocycles. The Morgan fingerprint density at radius 1 is 0.946 bits per heavy atom. The number of anilines is 2. The van der Waals surface area contributed by atoms with Crippen LogP contribution < -0.4 is 16.2 Å². The summed E-state index contributed by atoms with van der Waals surface area (Å²) in [5, 5.41) is -0.241. The maximum atomic E-state index is 15.1. The number of aryl methyl sites for hydroxylation is 1. The van der Waals surface area contributed by atoms with Gasteiger partial charge >= 0.3 is 0 Å². The molecular weight excluding hydrogens is 481 g/mol. The smallest absolute Gasteiger partial charge is 0.256 e. The van der Waals surface area contributed by atoms with Crippen LogP contribution in [0.2, 0.25) is 0 Å². The summed E-state index contributed by atoms with van der Waals surface area (Å²) in [5.74, 6) is -2.80. The number of rotatable bonds is 4. The largest absolute Gasteiger partial charge is 0.382 e. The summed E-state index contributed by atoms with van der Waals surface area (Å²) < 4.78 is 44.7. The maximum Gasteiger partial charge on any atom is 0.256 e. The fourth-order valence-electron chi connectivity index (χ4n) is 4.75. The number of nitrogens with two attached hydrogens (primary N) is 1. The highest BCUT2D eigenvalue weighted by Crippen LogP contribution is 2.33. The second-order valence-corrected chi connectivity index (χ2v) is 9.53. The zero-order valence-electron chi connectivity index (χ0n) is 20.8. The lowest BCUT2D eigenvalue weighted by Gasteiger charge is -2.38. The van der Waals surface area contributed by atoms with Gasteiger partial charge in [-0.2, -0.15) is 9.37 Å². The molecule has 1 aliphatic heterocycles. The van der Waals surface area contributed by atoms with Crippen LogP contribution in [0.1, 0.15) is 19.5 Å². The van der Waals surface area contributed by atoms with E-state index in [0.29, 0.717) is 11.6 Å². The molecule has 10 heteroatoms. The van der Waals surface area contributed by atoms with Crippen LogP contribution in [0.4, 0.5) is 24.7 Å². The quantitative estimate of drug-likeness (QED) is 0.422. The summed E-state index contributed by atoms with van der Waals surface area (Å²) in [5.41, 5.74) is 6.33. The standard InChI is InChI=1S/C27H27F3N6O/c1-14(2)35-8-10-36(11-9-35)17-6-4-16(5-7-17)23-25(30)34-26(31)24(33-23)20-12-18-19(13-21(20)28)27(37)32-15(3)22(18)29/h4-7,12-14H,8-11H2,1-3H3,(H2,31,34)(H,32,37). The summed E-state index contributed by atoms with van der Waals surface area (Å²) >= 11 is 0. The van der Waals surface area contributed by atoms with E-state index in [9.17, 15) is 13.6 Å². The molecule has 0 spiro atoms. The zero-order valence-corrected chi connectivity index (χ0v) is 20.8. The molecule has 1 aliphatic rings. The minimum atomic E-state index is -0.904. The van der Waals surface area contributed by atoms with Crippen molar-refractivity contribution in [2.75, 3.05) is 36.8 Å².